The number of ether oxygens (including phenoxy) is 2. The molecule has 1 N–H and O–H groups in total. The van der Waals surface area contributed by atoms with Gasteiger partial charge in [-0.15, -0.1) is 0 Å². The van der Waals surface area contributed by atoms with E-state index in [0.29, 0.717) is 26.3 Å². The molecule has 1 heterocycles. The zero-order valence-corrected chi connectivity index (χ0v) is 10.2. The summed E-state index contributed by atoms with van der Waals surface area (Å²) in [4.78, 5) is 12.8. The summed E-state index contributed by atoms with van der Waals surface area (Å²) in [5.74, 6) is -0.799. The topological polar surface area (TPSA) is 59.0 Å². The molecule has 0 bridgehead atoms. The number of nitrogens with zero attached hydrogens (tertiary/aromatic N) is 1. The number of aliphatic carboxylic acids is 1. The average molecular weight is 231 g/mol. The SMILES string of the molecule is CCOC1CN(C(C)C(=O)O)CC1OCC. The third kappa shape index (κ3) is 3.17. The van der Waals surface area contributed by atoms with Crippen molar-refractivity contribution < 1.29 is 19.4 Å². The van der Waals surface area contributed by atoms with Gasteiger partial charge in [-0.2, -0.15) is 0 Å². The fourth-order valence-electron chi connectivity index (χ4n) is 1.99. The quantitative estimate of drug-likeness (QED) is 0.725. The van der Waals surface area contributed by atoms with Crippen molar-refractivity contribution in [1.82, 2.24) is 4.90 Å². The lowest BCUT2D eigenvalue weighted by Gasteiger charge is -2.19. The number of rotatable bonds is 6. The zero-order valence-electron chi connectivity index (χ0n) is 10.2. The summed E-state index contributed by atoms with van der Waals surface area (Å²) in [6.07, 6.45) is -0.0153. The molecule has 0 aromatic heterocycles. The Morgan fingerprint density at radius 2 is 1.75 bits per heavy atom. The molecule has 0 aliphatic carbocycles. The number of hydrogen-bond acceptors (Lipinski definition) is 4. The number of carboxylic acid groups (broad SMARTS) is 1. The van der Waals surface area contributed by atoms with Crippen LogP contribution in [-0.2, 0) is 14.3 Å². The van der Waals surface area contributed by atoms with Gasteiger partial charge < -0.3 is 14.6 Å². The maximum absolute atomic E-state index is 10.9. The van der Waals surface area contributed by atoms with E-state index in [1.165, 1.54) is 0 Å². The van der Waals surface area contributed by atoms with E-state index in [9.17, 15) is 4.79 Å². The van der Waals surface area contributed by atoms with Gasteiger partial charge in [0.05, 0.1) is 12.2 Å². The van der Waals surface area contributed by atoms with Crippen molar-refractivity contribution in [3.63, 3.8) is 0 Å². The van der Waals surface area contributed by atoms with Crippen molar-refractivity contribution in [3.8, 4) is 0 Å². The van der Waals surface area contributed by atoms with Gasteiger partial charge in [0.2, 0.25) is 0 Å². The monoisotopic (exact) mass is 231 g/mol. The summed E-state index contributed by atoms with van der Waals surface area (Å²) >= 11 is 0. The molecule has 1 saturated heterocycles. The summed E-state index contributed by atoms with van der Waals surface area (Å²) < 4.78 is 11.1. The van der Waals surface area contributed by atoms with E-state index in [1.807, 2.05) is 18.7 Å². The molecule has 5 heteroatoms. The van der Waals surface area contributed by atoms with Gasteiger partial charge in [-0.1, -0.05) is 0 Å². The molecule has 0 amide bonds. The van der Waals surface area contributed by atoms with Gasteiger partial charge in [-0.25, -0.2) is 0 Å². The first-order chi connectivity index (χ1) is 7.60. The first kappa shape index (κ1) is 13.4. The van der Waals surface area contributed by atoms with Crippen LogP contribution in [0.25, 0.3) is 0 Å². The predicted molar refractivity (Wildman–Crippen MR) is 59.5 cm³/mol. The fraction of sp³-hybridized carbons (Fsp3) is 0.909. The third-order valence-electron chi connectivity index (χ3n) is 2.91. The largest absolute Gasteiger partial charge is 0.480 e. The van der Waals surface area contributed by atoms with E-state index in [-0.39, 0.29) is 12.2 Å². The Morgan fingerprint density at radius 1 is 1.31 bits per heavy atom. The van der Waals surface area contributed by atoms with E-state index >= 15 is 0 Å². The molecule has 0 spiro atoms. The smallest absolute Gasteiger partial charge is 0.320 e. The van der Waals surface area contributed by atoms with Crippen LogP contribution in [0, 0.1) is 0 Å². The first-order valence-electron chi connectivity index (χ1n) is 5.80. The van der Waals surface area contributed by atoms with E-state index < -0.39 is 12.0 Å². The first-order valence-corrected chi connectivity index (χ1v) is 5.80. The highest BCUT2D eigenvalue weighted by Crippen LogP contribution is 2.19. The molecule has 1 aliphatic heterocycles. The van der Waals surface area contributed by atoms with Crippen molar-refractivity contribution in [2.24, 2.45) is 0 Å². The third-order valence-corrected chi connectivity index (χ3v) is 2.91. The minimum atomic E-state index is -0.799. The highest BCUT2D eigenvalue weighted by atomic mass is 16.5. The number of carboxylic acids is 1. The predicted octanol–water partition coefficient (Wildman–Crippen LogP) is 0.585. The van der Waals surface area contributed by atoms with E-state index in [1.54, 1.807) is 6.92 Å². The van der Waals surface area contributed by atoms with Crippen LogP contribution in [0.3, 0.4) is 0 Å². The molecular formula is C11H21NO4. The van der Waals surface area contributed by atoms with Gasteiger partial charge >= 0.3 is 5.97 Å². The molecule has 1 fully saturated rings. The second kappa shape index (κ2) is 6.18. The summed E-state index contributed by atoms with van der Waals surface area (Å²) in [5.41, 5.74) is 0. The van der Waals surface area contributed by atoms with Crippen LogP contribution in [-0.4, -0.2) is 60.5 Å². The van der Waals surface area contributed by atoms with Gasteiger partial charge in [-0.05, 0) is 20.8 Å². The van der Waals surface area contributed by atoms with Gasteiger partial charge in [0.15, 0.2) is 0 Å². The molecule has 0 radical (unpaired) electrons. The Kier molecular flexibility index (Phi) is 5.18. The van der Waals surface area contributed by atoms with Gasteiger partial charge in [0.25, 0.3) is 0 Å². The number of hydrogen-bond donors (Lipinski definition) is 1. The van der Waals surface area contributed by atoms with Crippen LogP contribution >= 0.6 is 0 Å². The summed E-state index contributed by atoms with van der Waals surface area (Å²) in [6.45, 7) is 8.09. The second-order valence-corrected chi connectivity index (χ2v) is 3.96. The molecule has 1 aliphatic rings. The highest BCUT2D eigenvalue weighted by Gasteiger charge is 2.37. The van der Waals surface area contributed by atoms with Gasteiger partial charge in [0.1, 0.15) is 6.04 Å². The maximum atomic E-state index is 10.9. The molecular weight excluding hydrogens is 210 g/mol. The van der Waals surface area contributed by atoms with Crippen LogP contribution < -0.4 is 0 Å². The standard InChI is InChI=1S/C11H21NO4/c1-4-15-9-6-12(8(3)11(13)14)7-10(9)16-5-2/h8-10H,4-7H2,1-3H3,(H,13,14). The molecule has 3 atom stereocenters. The van der Waals surface area contributed by atoms with Crippen LogP contribution in [0.2, 0.25) is 0 Å². The van der Waals surface area contributed by atoms with Crippen LogP contribution in [0.1, 0.15) is 20.8 Å². The summed E-state index contributed by atoms with van der Waals surface area (Å²) in [5, 5.41) is 8.95. The molecule has 5 nitrogen and oxygen atoms in total. The molecule has 1 rings (SSSR count). The minimum Gasteiger partial charge on any atom is -0.480 e. The highest BCUT2D eigenvalue weighted by molar-refractivity contribution is 5.72. The zero-order chi connectivity index (χ0) is 12.1. The Morgan fingerprint density at radius 3 is 2.06 bits per heavy atom. The summed E-state index contributed by atoms with van der Waals surface area (Å²) in [7, 11) is 0. The van der Waals surface area contributed by atoms with Crippen LogP contribution in [0.4, 0.5) is 0 Å². The van der Waals surface area contributed by atoms with Crippen molar-refractivity contribution in [2.45, 2.75) is 39.0 Å². The maximum Gasteiger partial charge on any atom is 0.320 e. The van der Waals surface area contributed by atoms with Crippen LogP contribution in [0.5, 0.6) is 0 Å². The molecule has 0 aromatic rings. The van der Waals surface area contributed by atoms with E-state index in [4.69, 9.17) is 14.6 Å². The van der Waals surface area contributed by atoms with Crippen molar-refractivity contribution >= 4 is 5.97 Å². The second-order valence-electron chi connectivity index (χ2n) is 3.96. The normalized spacial score (nSPS) is 28.2. The molecule has 0 saturated carbocycles. The molecule has 94 valence electrons. The Labute approximate surface area is 96.3 Å². The lowest BCUT2D eigenvalue weighted by Crippen LogP contribution is -2.38. The average Bonchev–Trinajstić information content (AvgIpc) is 2.62. The van der Waals surface area contributed by atoms with E-state index in [0.717, 1.165) is 0 Å². The van der Waals surface area contributed by atoms with Crippen molar-refractivity contribution in [2.75, 3.05) is 26.3 Å². The fourth-order valence-corrected chi connectivity index (χ4v) is 1.99. The minimum absolute atomic E-state index is 0.00764. The Balaban J connectivity index is 2.56. The number of carbonyl (C=O) groups is 1. The van der Waals surface area contributed by atoms with Crippen LogP contribution in [0.15, 0.2) is 0 Å². The molecule has 0 aromatic carbocycles. The van der Waals surface area contributed by atoms with Crippen molar-refractivity contribution in [3.05, 3.63) is 0 Å². The lowest BCUT2D eigenvalue weighted by atomic mass is 10.2. The lowest BCUT2D eigenvalue weighted by molar-refractivity contribution is -0.142. The van der Waals surface area contributed by atoms with Gasteiger partial charge in [-0.3, -0.25) is 9.69 Å². The van der Waals surface area contributed by atoms with Gasteiger partial charge in [0, 0.05) is 26.3 Å². The van der Waals surface area contributed by atoms with Crippen molar-refractivity contribution in [1.29, 1.82) is 0 Å². The molecule has 3 unspecified atom stereocenters. The number of likely N-dealkylation sites (tertiary alicyclic amines) is 1. The molecule has 16 heavy (non-hydrogen) atoms. The Bertz CT molecular complexity index is 220. The van der Waals surface area contributed by atoms with E-state index in [2.05, 4.69) is 0 Å². The Hall–Kier alpha value is -0.650. The summed E-state index contributed by atoms with van der Waals surface area (Å²) in [6, 6.07) is -0.478.